The van der Waals surface area contributed by atoms with Gasteiger partial charge in [0, 0.05) is 28.9 Å². The third kappa shape index (κ3) is 5.27. The van der Waals surface area contributed by atoms with Crippen LogP contribution >= 0.6 is 7.92 Å². The van der Waals surface area contributed by atoms with Gasteiger partial charge >= 0.3 is 0 Å². The summed E-state index contributed by atoms with van der Waals surface area (Å²) in [6.45, 7) is 0.654. The molecule has 7 aromatic carbocycles. The molecule has 0 saturated heterocycles. The summed E-state index contributed by atoms with van der Waals surface area (Å²) in [5.74, 6) is 0.889. The zero-order valence-corrected chi connectivity index (χ0v) is 25.0. The lowest BCUT2D eigenvalue weighted by atomic mass is 9.92. The van der Waals surface area contributed by atoms with Gasteiger partial charge in [0.1, 0.15) is 5.75 Å². The lowest BCUT2D eigenvalue weighted by Crippen LogP contribution is -2.22. The topological polar surface area (TPSA) is 21.3 Å². The van der Waals surface area contributed by atoms with Crippen molar-refractivity contribution in [3.05, 3.63) is 163 Å². The molecule has 0 spiro atoms. The van der Waals surface area contributed by atoms with E-state index >= 15 is 0 Å². The molecule has 0 aromatic heterocycles. The number of methoxy groups -OCH3 is 1. The summed E-state index contributed by atoms with van der Waals surface area (Å²) in [5.41, 5.74) is 4.76. The second-order valence-corrected chi connectivity index (χ2v) is 12.7. The van der Waals surface area contributed by atoms with Crippen molar-refractivity contribution in [3.8, 4) is 16.9 Å². The van der Waals surface area contributed by atoms with E-state index in [1.54, 1.807) is 7.11 Å². The number of nitrogens with one attached hydrogen (secondary N) is 1. The van der Waals surface area contributed by atoms with Gasteiger partial charge in [-0.3, -0.25) is 0 Å². The first-order valence-electron chi connectivity index (χ1n) is 14.6. The van der Waals surface area contributed by atoms with Crippen LogP contribution < -0.4 is 26.0 Å². The van der Waals surface area contributed by atoms with Crippen molar-refractivity contribution in [3.63, 3.8) is 0 Å². The van der Waals surface area contributed by atoms with E-state index in [0.717, 1.165) is 17.0 Å². The third-order valence-electron chi connectivity index (χ3n) is 8.02. The highest BCUT2D eigenvalue weighted by Gasteiger charge is 2.24. The minimum atomic E-state index is -0.840. The predicted molar refractivity (Wildman–Crippen MR) is 186 cm³/mol. The highest BCUT2D eigenvalue weighted by Crippen LogP contribution is 2.45. The van der Waals surface area contributed by atoms with E-state index in [0.29, 0.717) is 6.54 Å². The standard InChI is InChI=1S/C40H32NOP/c1-42-37-23-13-10-16-31(37)28-41-36-26-24-29-14-8-11-21-34(29)39(36)40-35-22-12-9-15-30(35)25-27-38(40)43(32-17-4-2-5-18-32)33-19-6-3-7-20-33/h2-27,41H,28H2,1H3. The molecule has 0 saturated carbocycles. The Morgan fingerprint density at radius 2 is 1.05 bits per heavy atom. The Morgan fingerprint density at radius 3 is 1.70 bits per heavy atom. The van der Waals surface area contributed by atoms with Crippen LogP contribution in [0.2, 0.25) is 0 Å². The van der Waals surface area contributed by atoms with Crippen LogP contribution in [0.3, 0.4) is 0 Å². The molecule has 0 fully saturated rings. The van der Waals surface area contributed by atoms with E-state index in [4.69, 9.17) is 4.74 Å². The molecular formula is C40H32NOP. The van der Waals surface area contributed by atoms with Crippen molar-refractivity contribution in [2.75, 3.05) is 12.4 Å². The van der Waals surface area contributed by atoms with Crippen molar-refractivity contribution in [1.29, 1.82) is 0 Å². The number of para-hydroxylation sites is 1. The van der Waals surface area contributed by atoms with Crippen LogP contribution in [0.4, 0.5) is 5.69 Å². The molecule has 7 aromatic rings. The first-order valence-corrected chi connectivity index (χ1v) is 16.0. The summed E-state index contributed by atoms with van der Waals surface area (Å²) in [6.07, 6.45) is 0. The normalized spacial score (nSPS) is 11.2. The number of fused-ring (bicyclic) bond motifs is 2. The largest absolute Gasteiger partial charge is 0.496 e. The smallest absolute Gasteiger partial charge is 0.123 e. The number of anilines is 1. The Hall–Kier alpha value is -4.91. The maximum atomic E-state index is 5.69. The summed E-state index contributed by atoms with van der Waals surface area (Å²) in [4.78, 5) is 0. The Balaban J connectivity index is 1.52. The van der Waals surface area contributed by atoms with Gasteiger partial charge in [-0.25, -0.2) is 0 Å². The molecule has 0 unspecified atom stereocenters. The molecule has 0 aliphatic carbocycles. The molecule has 0 aliphatic heterocycles. The first kappa shape index (κ1) is 27.0. The highest BCUT2D eigenvalue weighted by molar-refractivity contribution is 7.80. The highest BCUT2D eigenvalue weighted by atomic mass is 31.1. The van der Waals surface area contributed by atoms with Crippen molar-refractivity contribution < 1.29 is 4.74 Å². The monoisotopic (exact) mass is 573 g/mol. The van der Waals surface area contributed by atoms with Gasteiger partial charge in [0.25, 0.3) is 0 Å². The molecule has 43 heavy (non-hydrogen) atoms. The molecule has 1 N–H and O–H groups in total. The zero-order valence-electron chi connectivity index (χ0n) is 24.1. The fourth-order valence-electron chi connectivity index (χ4n) is 6.02. The molecular weight excluding hydrogens is 541 g/mol. The van der Waals surface area contributed by atoms with Crippen LogP contribution in [-0.4, -0.2) is 7.11 Å². The number of hydrogen-bond donors (Lipinski definition) is 1. The van der Waals surface area contributed by atoms with Gasteiger partial charge in [0.2, 0.25) is 0 Å². The van der Waals surface area contributed by atoms with Crippen LogP contribution in [-0.2, 0) is 6.54 Å². The molecule has 7 rings (SSSR count). The number of benzene rings is 7. The molecule has 0 atom stereocenters. The van der Waals surface area contributed by atoms with Crippen LogP contribution in [0.15, 0.2) is 158 Å². The fraction of sp³-hybridized carbons (Fsp3) is 0.0500. The first-order chi connectivity index (χ1) is 21.3. The van der Waals surface area contributed by atoms with Crippen LogP contribution in [0, 0.1) is 0 Å². The Morgan fingerprint density at radius 1 is 0.512 bits per heavy atom. The molecule has 2 nitrogen and oxygen atoms in total. The fourth-order valence-corrected chi connectivity index (χ4v) is 8.49. The van der Waals surface area contributed by atoms with E-state index in [2.05, 4.69) is 151 Å². The lowest BCUT2D eigenvalue weighted by Gasteiger charge is -2.26. The Bertz CT molecular complexity index is 1980. The van der Waals surface area contributed by atoms with E-state index in [1.807, 2.05) is 12.1 Å². The molecule has 0 aliphatic rings. The van der Waals surface area contributed by atoms with Crippen LogP contribution in [0.5, 0.6) is 5.75 Å². The van der Waals surface area contributed by atoms with Gasteiger partial charge < -0.3 is 10.1 Å². The molecule has 3 heteroatoms. The molecule has 0 heterocycles. The predicted octanol–water partition coefficient (Wildman–Crippen LogP) is 9.04. The van der Waals surface area contributed by atoms with Crippen LogP contribution in [0.25, 0.3) is 32.7 Å². The zero-order chi connectivity index (χ0) is 29.0. The van der Waals surface area contributed by atoms with Gasteiger partial charge in [-0.15, -0.1) is 0 Å². The summed E-state index contributed by atoms with van der Waals surface area (Å²) in [6, 6.07) is 56.9. The number of hydrogen-bond acceptors (Lipinski definition) is 2. The maximum absolute atomic E-state index is 5.69. The van der Waals surface area contributed by atoms with Gasteiger partial charge in [0.05, 0.1) is 7.11 Å². The summed E-state index contributed by atoms with van der Waals surface area (Å²) < 4.78 is 5.69. The second kappa shape index (κ2) is 12.1. The summed E-state index contributed by atoms with van der Waals surface area (Å²) >= 11 is 0. The van der Waals surface area contributed by atoms with Crippen molar-refractivity contribution in [2.24, 2.45) is 0 Å². The average Bonchev–Trinajstić information content (AvgIpc) is 3.08. The summed E-state index contributed by atoms with van der Waals surface area (Å²) in [7, 11) is 0.894. The van der Waals surface area contributed by atoms with Gasteiger partial charge in [-0.2, -0.15) is 0 Å². The van der Waals surface area contributed by atoms with Crippen molar-refractivity contribution >= 4 is 51.1 Å². The van der Waals surface area contributed by atoms with Gasteiger partial charge in [-0.1, -0.05) is 146 Å². The minimum Gasteiger partial charge on any atom is -0.496 e. The average molecular weight is 574 g/mol. The van der Waals surface area contributed by atoms with Gasteiger partial charge in [0.15, 0.2) is 0 Å². The van der Waals surface area contributed by atoms with E-state index in [9.17, 15) is 0 Å². The minimum absolute atomic E-state index is 0.654. The van der Waals surface area contributed by atoms with E-state index < -0.39 is 7.92 Å². The van der Waals surface area contributed by atoms with E-state index in [1.165, 1.54) is 48.6 Å². The van der Waals surface area contributed by atoms with E-state index in [-0.39, 0.29) is 0 Å². The van der Waals surface area contributed by atoms with Crippen molar-refractivity contribution in [1.82, 2.24) is 0 Å². The Labute approximate surface area is 254 Å². The molecule has 0 radical (unpaired) electrons. The van der Waals surface area contributed by atoms with Crippen molar-refractivity contribution in [2.45, 2.75) is 6.54 Å². The maximum Gasteiger partial charge on any atom is 0.123 e. The SMILES string of the molecule is COc1ccccc1CNc1ccc2ccccc2c1-c1c(P(c2ccccc2)c2ccccc2)ccc2ccccc12. The number of rotatable bonds is 8. The molecule has 0 amide bonds. The number of ether oxygens (including phenoxy) is 1. The molecule has 208 valence electrons. The Kier molecular flexibility index (Phi) is 7.61. The summed E-state index contributed by atoms with van der Waals surface area (Å²) in [5, 5.41) is 12.8. The lowest BCUT2D eigenvalue weighted by molar-refractivity contribution is 0.410. The quantitative estimate of drug-likeness (QED) is 0.183. The second-order valence-electron chi connectivity index (χ2n) is 10.6. The van der Waals surface area contributed by atoms with Crippen LogP contribution in [0.1, 0.15) is 5.56 Å². The third-order valence-corrected chi connectivity index (χ3v) is 10.5. The van der Waals surface area contributed by atoms with Gasteiger partial charge in [-0.05, 0) is 57.5 Å². The molecule has 0 bridgehead atoms.